The van der Waals surface area contributed by atoms with E-state index in [4.69, 9.17) is 14.7 Å². The Balaban J connectivity index is 0.921. The minimum atomic E-state index is -0.870. The highest BCUT2D eigenvalue weighted by Crippen LogP contribution is 2.35. The zero-order valence-corrected chi connectivity index (χ0v) is 30.8. The number of nitrogens with zero attached hydrogens (tertiary/aromatic N) is 6. The summed E-state index contributed by atoms with van der Waals surface area (Å²) in [4.78, 5) is 63.6. The van der Waals surface area contributed by atoms with Gasteiger partial charge < -0.3 is 34.4 Å². The molecule has 8 rings (SSSR count). The van der Waals surface area contributed by atoms with Crippen LogP contribution in [0, 0.1) is 0 Å². The fourth-order valence-electron chi connectivity index (χ4n) is 7.74. The highest BCUT2D eigenvalue weighted by Gasteiger charge is 2.37. The summed E-state index contributed by atoms with van der Waals surface area (Å²) in [6.07, 6.45) is 10.3. The molecule has 5 heterocycles. The number of likely N-dealkylation sites (tertiary alicyclic amines) is 2. The van der Waals surface area contributed by atoms with Crippen molar-refractivity contribution in [3.05, 3.63) is 127 Å². The van der Waals surface area contributed by atoms with Gasteiger partial charge in [0.25, 0.3) is 5.91 Å². The monoisotopic (exact) mass is 737 g/mol. The van der Waals surface area contributed by atoms with Crippen molar-refractivity contribution in [3.63, 3.8) is 0 Å². The van der Waals surface area contributed by atoms with Crippen LogP contribution in [-0.4, -0.2) is 77.4 Å². The Morgan fingerprint density at radius 3 is 1.85 bits per heavy atom. The van der Waals surface area contributed by atoms with Gasteiger partial charge in [0.15, 0.2) is 0 Å². The molecule has 55 heavy (non-hydrogen) atoms. The minimum Gasteiger partial charge on any atom is -0.453 e. The van der Waals surface area contributed by atoms with Crippen LogP contribution in [0.2, 0.25) is 0 Å². The van der Waals surface area contributed by atoms with Crippen molar-refractivity contribution in [2.75, 3.05) is 20.2 Å². The lowest BCUT2D eigenvalue weighted by Crippen LogP contribution is -2.42. The number of carbonyl (C=O) groups is 3. The first-order valence-electron chi connectivity index (χ1n) is 18.6. The van der Waals surface area contributed by atoms with Crippen LogP contribution in [0.5, 0.6) is 0 Å². The van der Waals surface area contributed by atoms with Gasteiger partial charge in [-0.25, -0.2) is 19.7 Å². The van der Waals surface area contributed by atoms with E-state index in [2.05, 4.69) is 68.8 Å². The third kappa shape index (κ3) is 7.50. The van der Waals surface area contributed by atoms with E-state index in [1.54, 1.807) is 17.4 Å². The number of ether oxygens (including phenoxy) is 1. The van der Waals surface area contributed by atoms with Gasteiger partial charge in [-0.1, -0.05) is 78.9 Å². The van der Waals surface area contributed by atoms with Gasteiger partial charge in [0.1, 0.15) is 17.7 Å². The number of benzene rings is 3. The van der Waals surface area contributed by atoms with Crippen molar-refractivity contribution in [2.45, 2.75) is 50.2 Å². The SMILES string of the molecule is COC(=O)N[C@@H](C(=O)N1CCC[C@H]1c1ncc(-c2ccc(-c3ccc(-c4cnc([C@@H]5CCCN5C(=O)Cc5cn(C)cn5)[nH]4)cc3)cc2)[nH]1)c1ccccc1. The van der Waals surface area contributed by atoms with Gasteiger partial charge in [-0.3, -0.25) is 9.59 Å². The van der Waals surface area contributed by atoms with Crippen LogP contribution < -0.4 is 5.32 Å². The Morgan fingerprint density at radius 1 is 0.764 bits per heavy atom. The number of alkyl carbamates (subject to hydrolysis) is 1. The Bertz CT molecular complexity index is 2280. The Morgan fingerprint density at radius 2 is 1.31 bits per heavy atom. The Labute approximate surface area is 318 Å². The number of rotatable bonds is 10. The van der Waals surface area contributed by atoms with Gasteiger partial charge in [-0.2, -0.15) is 0 Å². The lowest BCUT2D eigenvalue weighted by Gasteiger charge is -2.28. The summed E-state index contributed by atoms with van der Waals surface area (Å²) < 4.78 is 6.68. The molecule has 13 heteroatoms. The zero-order chi connectivity index (χ0) is 37.9. The van der Waals surface area contributed by atoms with Gasteiger partial charge in [0.05, 0.1) is 61.4 Å². The van der Waals surface area contributed by atoms with Crippen LogP contribution in [0.3, 0.4) is 0 Å². The van der Waals surface area contributed by atoms with Crippen LogP contribution in [0.25, 0.3) is 33.6 Å². The highest BCUT2D eigenvalue weighted by atomic mass is 16.5. The predicted octanol–water partition coefficient (Wildman–Crippen LogP) is 6.53. The lowest BCUT2D eigenvalue weighted by molar-refractivity contribution is -0.134. The number of imidazole rings is 3. The summed E-state index contributed by atoms with van der Waals surface area (Å²) in [5.41, 5.74) is 7.38. The lowest BCUT2D eigenvalue weighted by atomic mass is 10.0. The van der Waals surface area contributed by atoms with E-state index in [0.717, 1.165) is 77.4 Å². The van der Waals surface area contributed by atoms with Crippen molar-refractivity contribution in [1.82, 2.24) is 44.6 Å². The smallest absolute Gasteiger partial charge is 0.407 e. The number of aromatic nitrogens is 6. The van der Waals surface area contributed by atoms with Crippen molar-refractivity contribution in [2.24, 2.45) is 7.05 Å². The molecule has 6 aromatic rings. The number of hydrogen-bond donors (Lipinski definition) is 3. The number of aromatic amines is 2. The summed E-state index contributed by atoms with van der Waals surface area (Å²) in [6.45, 7) is 1.28. The molecular weight excluding hydrogens is 695 g/mol. The molecule has 2 aliphatic heterocycles. The van der Waals surface area contributed by atoms with E-state index in [1.165, 1.54) is 7.11 Å². The highest BCUT2D eigenvalue weighted by molar-refractivity contribution is 5.87. The van der Waals surface area contributed by atoms with Crippen molar-refractivity contribution in [1.29, 1.82) is 0 Å². The van der Waals surface area contributed by atoms with E-state index >= 15 is 0 Å². The third-order valence-electron chi connectivity index (χ3n) is 10.6. The fraction of sp³-hybridized carbons (Fsp3) is 0.286. The van der Waals surface area contributed by atoms with Gasteiger partial charge in [0.2, 0.25) is 5.91 Å². The normalized spacial score (nSPS) is 17.3. The predicted molar refractivity (Wildman–Crippen MR) is 206 cm³/mol. The number of methoxy groups -OCH3 is 1. The molecule has 0 spiro atoms. The number of hydrogen-bond acceptors (Lipinski definition) is 7. The maximum Gasteiger partial charge on any atom is 0.407 e. The number of H-pyrrole nitrogens is 2. The average molecular weight is 738 g/mol. The summed E-state index contributed by atoms with van der Waals surface area (Å²) in [7, 11) is 3.19. The van der Waals surface area contributed by atoms with Gasteiger partial charge in [-0.15, -0.1) is 0 Å². The summed E-state index contributed by atoms with van der Waals surface area (Å²) in [5.74, 6) is 1.38. The molecule has 3 aromatic carbocycles. The molecule has 2 saturated heterocycles. The minimum absolute atomic E-state index is 0.0681. The number of carbonyl (C=O) groups excluding carboxylic acids is 3. The molecule has 2 aliphatic rings. The summed E-state index contributed by atoms with van der Waals surface area (Å²) in [5, 5.41) is 2.71. The molecule has 3 aromatic heterocycles. The van der Waals surface area contributed by atoms with E-state index < -0.39 is 12.1 Å². The fourth-order valence-corrected chi connectivity index (χ4v) is 7.74. The molecule has 0 unspecified atom stereocenters. The van der Waals surface area contributed by atoms with Crippen LogP contribution >= 0.6 is 0 Å². The zero-order valence-electron chi connectivity index (χ0n) is 30.8. The van der Waals surface area contributed by atoms with Gasteiger partial charge in [-0.05, 0) is 53.5 Å². The largest absolute Gasteiger partial charge is 0.453 e. The number of aryl methyl sites for hydroxylation is 1. The second-order valence-corrected chi connectivity index (χ2v) is 14.1. The molecule has 3 amide bonds. The molecule has 3 atom stereocenters. The topological polar surface area (TPSA) is 154 Å². The first-order chi connectivity index (χ1) is 26.8. The van der Waals surface area contributed by atoms with Crippen molar-refractivity contribution >= 4 is 17.9 Å². The third-order valence-corrected chi connectivity index (χ3v) is 10.6. The quantitative estimate of drug-likeness (QED) is 0.144. The molecule has 3 N–H and O–H groups in total. The summed E-state index contributed by atoms with van der Waals surface area (Å²) in [6, 6.07) is 24.7. The second-order valence-electron chi connectivity index (χ2n) is 14.1. The van der Waals surface area contributed by atoms with E-state index in [1.807, 2.05) is 59.2 Å². The molecule has 280 valence electrons. The van der Waals surface area contributed by atoms with Gasteiger partial charge >= 0.3 is 6.09 Å². The van der Waals surface area contributed by atoms with Crippen molar-refractivity contribution < 1.29 is 19.1 Å². The molecule has 0 bridgehead atoms. The second kappa shape index (κ2) is 15.5. The summed E-state index contributed by atoms with van der Waals surface area (Å²) >= 11 is 0. The Hall–Kier alpha value is -6.50. The van der Waals surface area contributed by atoms with Gasteiger partial charge in [0, 0.05) is 26.3 Å². The molecular formula is C42H43N9O4. The molecule has 0 radical (unpaired) electrons. The Kier molecular flexibility index (Phi) is 9.99. The standard InChI is InChI=1S/C42H43N9O4/c1-49-25-32(45-26-49)22-37(52)50-20-6-10-35(50)39-43-23-33(46-39)29-16-12-27(13-17-29)28-14-18-30(19-15-28)34-24-44-40(47-34)36-11-7-21-51(36)41(53)38(48-42(54)55-2)31-8-4-3-5-9-31/h3-5,8-9,12-19,23-26,35-36,38H,6-7,10-11,20-22H2,1-2H3,(H,43,46)(H,44,47)(H,48,54)/t35-,36-,38+/m0/s1. The van der Waals surface area contributed by atoms with Crippen LogP contribution in [0.4, 0.5) is 4.79 Å². The molecule has 0 saturated carbocycles. The van der Waals surface area contributed by atoms with Crippen LogP contribution in [-0.2, 0) is 27.8 Å². The number of amides is 3. The maximum absolute atomic E-state index is 13.9. The molecule has 13 nitrogen and oxygen atoms in total. The van der Waals surface area contributed by atoms with E-state index in [9.17, 15) is 14.4 Å². The molecule has 0 aliphatic carbocycles. The van der Waals surface area contributed by atoms with E-state index in [-0.39, 0.29) is 30.3 Å². The first-order valence-corrected chi connectivity index (χ1v) is 18.6. The van der Waals surface area contributed by atoms with Crippen LogP contribution in [0.1, 0.15) is 66.7 Å². The van der Waals surface area contributed by atoms with E-state index in [0.29, 0.717) is 17.9 Å². The van der Waals surface area contributed by atoms with Crippen molar-refractivity contribution in [3.8, 4) is 33.6 Å². The average Bonchev–Trinajstić information content (AvgIpc) is 4.07. The van der Waals surface area contributed by atoms with Crippen LogP contribution in [0.15, 0.2) is 104 Å². The molecule has 2 fully saturated rings. The number of nitrogens with one attached hydrogen (secondary N) is 3. The maximum atomic E-state index is 13.9. The first kappa shape index (κ1) is 35.5.